The van der Waals surface area contributed by atoms with Gasteiger partial charge in [-0.2, -0.15) is 5.10 Å². The van der Waals surface area contributed by atoms with Crippen molar-refractivity contribution in [2.45, 2.75) is 13.3 Å². The minimum absolute atomic E-state index is 0.306. The van der Waals surface area contributed by atoms with Crippen molar-refractivity contribution in [3.63, 3.8) is 0 Å². The van der Waals surface area contributed by atoms with Gasteiger partial charge in [0.2, 0.25) is 0 Å². The highest BCUT2D eigenvalue weighted by Gasteiger charge is 2.15. The fourth-order valence-corrected chi connectivity index (χ4v) is 3.84. The van der Waals surface area contributed by atoms with Crippen LogP contribution in [0.4, 0.5) is 0 Å². The maximum atomic E-state index is 10.9. The Balaban J connectivity index is 1.97. The Kier molecular flexibility index (Phi) is 3.60. The molecule has 0 fully saturated rings. The van der Waals surface area contributed by atoms with Crippen molar-refractivity contribution in [2.24, 2.45) is 7.05 Å². The second kappa shape index (κ2) is 5.42. The van der Waals surface area contributed by atoms with Gasteiger partial charge in [0.15, 0.2) is 0 Å². The number of aryl methyl sites for hydroxylation is 2. The summed E-state index contributed by atoms with van der Waals surface area (Å²) in [6.45, 7) is 2.07. The summed E-state index contributed by atoms with van der Waals surface area (Å²) in [4.78, 5) is 16.4. The molecule has 0 amide bonds. The zero-order valence-electron chi connectivity index (χ0n) is 11.5. The van der Waals surface area contributed by atoms with Gasteiger partial charge < -0.3 is 5.11 Å². The molecule has 0 spiro atoms. The van der Waals surface area contributed by atoms with E-state index in [2.05, 4.69) is 17.0 Å². The molecule has 0 atom stereocenters. The van der Waals surface area contributed by atoms with Crippen molar-refractivity contribution in [2.75, 3.05) is 0 Å². The lowest BCUT2D eigenvalue weighted by Crippen LogP contribution is -1.91. The Morgan fingerprint density at radius 3 is 2.86 bits per heavy atom. The van der Waals surface area contributed by atoms with Gasteiger partial charge in [-0.15, -0.1) is 22.7 Å². The molecule has 108 valence electrons. The zero-order valence-corrected chi connectivity index (χ0v) is 13.2. The van der Waals surface area contributed by atoms with Crippen LogP contribution in [0.2, 0.25) is 0 Å². The smallest absolute Gasteiger partial charge is 0.336 e. The van der Waals surface area contributed by atoms with E-state index in [0.29, 0.717) is 5.56 Å². The topological polar surface area (TPSA) is 68.0 Å². The van der Waals surface area contributed by atoms with Gasteiger partial charge in [0.05, 0.1) is 27.4 Å². The normalized spacial score (nSPS) is 11.0. The van der Waals surface area contributed by atoms with E-state index in [9.17, 15) is 4.79 Å². The number of carbonyl (C=O) groups is 1. The van der Waals surface area contributed by atoms with Crippen molar-refractivity contribution >= 4 is 28.6 Å². The number of hydrogen-bond acceptors (Lipinski definition) is 5. The molecular weight excluding hydrogens is 306 g/mol. The van der Waals surface area contributed by atoms with Crippen LogP contribution in [0.5, 0.6) is 0 Å². The van der Waals surface area contributed by atoms with Gasteiger partial charge >= 0.3 is 5.97 Å². The summed E-state index contributed by atoms with van der Waals surface area (Å²) in [5.74, 6) is -0.909. The van der Waals surface area contributed by atoms with Crippen LogP contribution in [0, 0.1) is 0 Å². The van der Waals surface area contributed by atoms with E-state index in [1.165, 1.54) is 11.3 Å². The van der Waals surface area contributed by atoms with E-state index in [-0.39, 0.29) is 0 Å². The second-order valence-corrected chi connectivity index (χ2v) is 6.33. The van der Waals surface area contributed by atoms with Crippen LogP contribution < -0.4 is 0 Å². The van der Waals surface area contributed by atoms with Gasteiger partial charge in [0.25, 0.3) is 0 Å². The summed E-state index contributed by atoms with van der Waals surface area (Å²) in [6.07, 6.45) is 2.83. The lowest BCUT2D eigenvalue weighted by Gasteiger charge is -1.93. The SMILES string of the molecule is CCc1nn(C)cc1-c1nc(-c2cc(C(=O)O)cs2)cs1. The average Bonchev–Trinajstić information content (AvgIpc) is 3.16. The maximum Gasteiger partial charge on any atom is 0.336 e. The van der Waals surface area contributed by atoms with Crippen LogP contribution in [0.25, 0.3) is 21.1 Å². The fourth-order valence-electron chi connectivity index (χ4n) is 2.07. The molecule has 3 rings (SSSR count). The first kappa shape index (κ1) is 14.0. The summed E-state index contributed by atoms with van der Waals surface area (Å²) in [6, 6.07) is 1.66. The Labute approximate surface area is 129 Å². The summed E-state index contributed by atoms with van der Waals surface area (Å²) >= 11 is 2.95. The molecule has 5 nitrogen and oxygen atoms in total. The molecule has 0 aliphatic carbocycles. The van der Waals surface area contributed by atoms with Gasteiger partial charge in [-0.05, 0) is 12.5 Å². The molecule has 0 bridgehead atoms. The summed E-state index contributed by atoms with van der Waals surface area (Å²) in [5.41, 5.74) is 3.20. The molecule has 0 aliphatic heterocycles. The standard InChI is InChI=1S/C14H13N3O2S2/c1-3-10-9(5-17(2)16-10)13-15-11(7-21-13)12-4-8(6-20-12)14(18)19/h4-7H,3H2,1-2H3,(H,18,19). The molecule has 7 heteroatoms. The highest BCUT2D eigenvalue weighted by Crippen LogP contribution is 2.33. The second-order valence-electron chi connectivity index (χ2n) is 4.56. The lowest BCUT2D eigenvalue weighted by molar-refractivity contribution is 0.0697. The molecule has 0 unspecified atom stereocenters. The molecule has 0 saturated heterocycles. The van der Waals surface area contributed by atoms with E-state index in [4.69, 9.17) is 5.11 Å². The number of thiazole rings is 1. The molecule has 0 saturated carbocycles. The lowest BCUT2D eigenvalue weighted by atomic mass is 10.2. The highest BCUT2D eigenvalue weighted by atomic mass is 32.1. The van der Waals surface area contributed by atoms with Crippen molar-refractivity contribution in [1.82, 2.24) is 14.8 Å². The minimum Gasteiger partial charge on any atom is -0.478 e. The molecule has 21 heavy (non-hydrogen) atoms. The zero-order chi connectivity index (χ0) is 15.0. The van der Waals surface area contributed by atoms with Crippen LogP contribution in [0.1, 0.15) is 23.0 Å². The van der Waals surface area contributed by atoms with Gasteiger partial charge in [-0.3, -0.25) is 4.68 Å². The van der Waals surface area contributed by atoms with Crippen LogP contribution in [-0.2, 0) is 13.5 Å². The third kappa shape index (κ3) is 2.62. The molecular formula is C14H13N3O2S2. The van der Waals surface area contributed by atoms with Crippen LogP contribution in [0.15, 0.2) is 23.0 Å². The number of aromatic carboxylic acids is 1. The van der Waals surface area contributed by atoms with Gasteiger partial charge in [0.1, 0.15) is 5.01 Å². The molecule has 0 aromatic carbocycles. The maximum absolute atomic E-state index is 10.9. The third-order valence-electron chi connectivity index (χ3n) is 3.07. The van der Waals surface area contributed by atoms with Crippen LogP contribution in [-0.4, -0.2) is 25.8 Å². The number of nitrogens with zero attached hydrogens (tertiary/aromatic N) is 3. The largest absolute Gasteiger partial charge is 0.478 e. The van der Waals surface area contributed by atoms with E-state index in [1.54, 1.807) is 27.5 Å². The molecule has 3 heterocycles. The van der Waals surface area contributed by atoms with Crippen molar-refractivity contribution in [1.29, 1.82) is 0 Å². The minimum atomic E-state index is -0.909. The fraction of sp³-hybridized carbons (Fsp3) is 0.214. The Bertz CT molecular complexity index is 801. The van der Waals surface area contributed by atoms with Crippen molar-refractivity contribution < 1.29 is 9.90 Å². The molecule has 1 N–H and O–H groups in total. The Morgan fingerprint density at radius 2 is 2.19 bits per heavy atom. The van der Waals surface area contributed by atoms with Crippen molar-refractivity contribution in [3.8, 4) is 21.1 Å². The first-order valence-corrected chi connectivity index (χ1v) is 8.15. The quantitative estimate of drug-likeness (QED) is 0.799. The molecule has 3 aromatic heterocycles. The van der Waals surface area contributed by atoms with Gasteiger partial charge in [0, 0.05) is 24.0 Å². The van der Waals surface area contributed by atoms with Crippen LogP contribution in [0.3, 0.4) is 0 Å². The van der Waals surface area contributed by atoms with E-state index in [1.807, 2.05) is 18.6 Å². The molecule has 0 radical (unpaired) electrons. The molecule has 3 aromatic rings. The predicted molar refractivity (Wildman–Crippen MR) is 84.0 cm³/mol. The van der Waals surface area contributed by atoms with E-state index >= 15 is 0 Å². The number of carboxylic acid groups (broad SMARTS) is 1. The number of thiophene rings is 1. The van der Waals surface area contributed by atoms with Gasteiger partial charge in [-0.25, -0.2) is 9.78 Å². The third-order valence-corrected chi connectivity index (χ3v) is 4.90. The number of carboxylic acids is 1. The van der Waals surface area contributed by atoms with Gasteiger partial charge in [-0.1, -0.05) is 6.92 Å². The summed E-state index contributed by atoms with van der Waals surface area (Å²) in [7, 11) is 1.90. The van der Waals surface area contributed by atoms with E-state index in [0.717, 1.165) is 33.3 Å². The predicted octanol–water partition coefficient (Wildman–Crippen LogP) is 3.53. The summed E-state index contributed by atoms with van der Waals surface area (Å²) in [5, 5.41) is 17.9. The number of rotatable bonds is 4. The van der Waals surface area contributed by atoms with Crippen molar-refractivity contribution in [3.05, 3.63) is 34.3 Å². The highest BCUT2D eigenvalue weighted by molar-refractivity contribution is 7.15. The monoisotopic (exact) mass is 319 g/mol. The Morgan fingerprint density at radius 1 is 1.38 bits per heavy atom. The van der Waals surface area contributed by atoms with E-state index < -0.39 is 5.97 Å². The number of hydrogen-bond donors (Lipinski definition) is 1. The number of aromatic nitrogens is 3. The van der Waals surface area contributed by atoms with Crippen LogP contribution >= 0.6 is 22.7 Å². The summed E-state index contributed by atoms with van der Waals surface area (Å²) < 4.78 is 1.79. The first-order valence-electron chi connectivity index (χ1n) is 6.39. The Hall–Kier alpha value is -1.99. The first-order chi connectivity index (χ1) is 10.1. The molecule has 0 aliphatic rings. The average molecular weight is 319 g/mol.